The summed E-state index contributed by atoms with van der Waals surface area (Å²) in [6, 6.07) is -0.684. The van der Waals surface area contributed by atoms with Crippen LogP contribution < -0.4 is 0 Å². The van der Waals surface area contributed by atoms with Crippen molar-refractivity contribution in [3.8, 4) is 0 Å². The van der Waals surface area contributed by atoms with Crippen LogP contribution in [0.3, 0.4) is 0 Å². The number of amides is 1. The Morgan fingerprint density at radius 2 is 2.31 bits per heavy atom. The van der Waals surface area contributed by atoms with E-state index in [2.05, 4.69) is 10.3 Å². The van der Waals surface area contributed by atoms with E-state index in [1.807, 2.05) is 0 Å². The lowest BCUT2D eigenvalue weighted by atomic mass is 10.2. The average molecular weight is 224 g/mol. The first-order chi connectivity index (χ1) is 7.68. The molecule has 0 aliphatic carbocycles. The molecule has 86 valence electrons. The fraction of sp³-hybridized carbons (Fsp3) is 0.556. The standard InChI is InChI=1S/C9H12N4O3/c14-8(6-12-5-3-10-11-12)13-4-1-2-7(13)9(15)16/h3,5,7H,1-2,4,6H2,(H,15,16)/t7-/m0/s1. The van der Waals surface area contributed by atoms with Crippen molar-refractivity contribution in [3.63, 3.8) is 0 Å². The molecular weight excluding hydrogens is 212 g/mol. The molecule has 0 radical (unpaired) electrons. The second-order valence-corrected chi connectivity index (χ2v) is 3.68. The van der Waals surface area contributed by atoms with E-state index in [9.17, 15) is 9.59 Å². The zero-order chi connectivity index (χ0) is 11.5. The third kappa shape index (κ3) is 2.02. The molecule has 1 aromatic heterocycles. The van der Waals surface area contributed by atoms with Crippen LogP contribution in [-0.4, -0.2) is 49.5 Å². The molecule has 1 fully saturated rings. The highest BCUT2D eigenvalue weighted by molar-refractivity contribution is 5.84. The maximum Gasteiger partial charge on any atom is 0.326 e. The molecule has 0 aromatic carbocycles. The van der Waals surface area contributed by atoms with Crippen LogP contribution in [0.4, 0.5) is 0 Å². The summed E-state index contributed by atoms with van der Waals surface area (Å²) >= 11 is 0. The van der Waals surface area contributed by atoms with Crippen LogP contribution in [0.5, 0.6) is 0 Å². The van der Waals surface area contributed by atoms with Gasteiger partial charge in [0, 0.05) is 12.7 Å². The first-order valence-electron chi connectivity index (χ1n) is 5.05. The van der Waals surface area contributed by atoms with Crippen molar-refractivity contribution in [2.24, 2.45) is 0 Å². The predicted molar refractivity (Wildman–Crippen MR) is 52.4 cm³/mol. The van der Waals surface area contributed by atoms with E-state index in [0.29, 0.717) is 13.0 Å². The van der Waals surface area contributed by atoms with Gasteiger partial charge in [0.1, 0.15) is 12.6 Å². The monoisotopic (exact) mass is 224 g/mol. The molecule has 1 amide bonds. The predicted octanol–water partition coefficient (Wildman–Crippen LogP) is -0.646. The molecule has 1 aliphatic heterocycles. The Hall–Kier alpha value is -1.92. The summed E-state index contributed by atoms with van der Waals surface area (Å²) in [6.07, 6.45) is 4.31. The Bertz CT molecular complexity index is 389. The highest BCUT2D eigenvalue weighted by Gasteiger charge is 2.33. The van der Waals surface area contributed by atoms with Gasteiger partial charge in [0.15, 0.2) is 0 Å². The lowest BCUT2D eigenvalue weighted by molar-refractivity contribution is -0.148. The number of hydrogen-bond donors (Lipinski definition) is 1. The van der Waals surface area contributed by atoms with Gasteiger partial charge in [-0.15, -0.1) is 5.10 Å². The van der Waals surface area contributed by atoms with E-state index in [1.165, 1.54) is 15.8 Å². The van der Waals surface area contributed by atoms with E-state index in [1.54, 1.807) is 6.20 Å². The summed E-state index contributed by atoms with van der Waals surface area (Å²) < 4.78 is 1.39. The molecule has 7 heteroatoms. The molecule has 1 N–H and O–H groups in total. The molecule has 1 aromatic rings. The number of likely N-dealkylation sites (tertiary alicyclic amines) is 1. The van der Waals surface area contributed by atoms with Crippen LogP contribution >= 0.6 is 0 Å². The smallest absolute Gasteiger partial charge is 0.326 e. The van der Waals surface area contributed by atoms with E-state index in [0.717, 1.165) is 6.42 Å². The van der Waals surface area contributed by atoms with Crippen LogP contribution in [0, 0.1) is 0 Å². The third-order valence-electron chi connectivity index (χ3n) is 2.63. The van der Waals surface area contributed by atoms with Gasteiger partial charge < -0.3 is 10.0 Å². The second kappa shape index (κ2) is 4.30. The van der Waals surface area contributed by atoms with E-state index < -0.39 is 12.0 Å². The van der Waals surface area contributed by atoms with Crippen molar-refractivity contribution in [2.45, 2.75) is 25.4 Å². The van der Waals surface area contributed by atoms with Gasteiger partial charge in [-0.05, 0) is 12.8 Å². The Kier molecular flexibility index (Phi) is 2.84. The zero-order valence-corrected chi connectivity index (χ0v) is 8.61. The molecule has 16 heavy (non-hydrogen) atoms. The van der Waals surface area contributed by atoms with Crippen LogP contribution in [0.2, 0.25) is 0 Å². The Morgan fingerprint density at radius 3 is 2.94 bits per heavy atom. The number of rotatable bonds is 3. The number of carboxylic acids is 1. The number of aromatic nitrogens is 3. The summed E-state index contributed by atoms with van der Waals surface area (Å²) in [6.45, 7) is 0.550. The van der Waals surface area contributed by atoms with Gasteiger partial charge in [0.25, 0.3) is 0 Å². The number of hydrogen-bond acceptors (Lipinski definition) is 4. The number of carbonyl (C=O) groups excluding carboxylic acids is 1. The number of carboxylic acid groups (broad SMARTS) is 1. The molecule has 2 heterocycles. The SMILES string of the molecule is O=C(O)[C@@H]1CCCN1C(=O)Cn1ccnn1. The number of carbonyl (C=O) groups is 2. The van der Waals surface area contributed by atoms with Crippen molar-refractivity contribution in [1.29, 1.82) is 0 Å². The first-order valence-corrected chi connectivity index (χ1v) is 5.05. The maximum absolute atomic E-state index is 11.8. The Morgan fingerprint density at radius 1 is 1.50 bits per heavy atom. The molecule has 1 saturated heterocycles. The topological polar surface area (TPSA) is 88.3 Å². The first kappa shape index (κ1) is 10.6. The maximum atomic E-state index is 11.8. The fourth-order valence-corrected chi connectivity index (χ4v) is 1.87. The third-order valence-corrected chi connectivity index (χ3v) is 2.63. The highest BCUT2D eigenvalue weighted by atomic mass is 16.4. The Balaban J connectivity index is 2.01. The summed E-state index contributed by atoms with van der Waals surface area (Å²) in [5.41, 5.74) is 0. The number of nitrogens with zero attached hydrogens (tertiary/aromatic N) is 4. The van der Waals surface area contributed by atoms with E-state index in [-0.39, 0.29) is 12.5 Å². The van der Waals surface area contributed by atoms with Gasteiger partial charge in [-0.3, -0.25) is 4.79 Å². The minimum absolute atomic E-state index is 0.0454. The van der Waals surface area contributed by atoms with Gasteiger partial charge >= 0.3 is 5.97 Å². The summed E-state index contributed by atoms with van der Waals surface area (Å²) in [5, 5.41) is 16.2. The molecule has 0 bridgehead atoms. The van der Waals surface area contributed by atoms with Crippen molar-refractivity contribution < 1.29 is 14.7 Å². The van der Waals surface area contributed by atoms with Crippen molar-refractivity contribution in [3.05, 3.63) is 12.4 Å². The molecule has 1 aliphatic rings. The van der Waals surface area contributed by atoms with Crippen LogP contribution in [0.1, 0.15) is 12.8 Å². The summed E-state index contributed by atoms with van der Waals surface area (Å²) in [5.74, 6) is -1.17. The molecule has 1 atom stereocenters. The van der Waals surface area contributed by atoms with E-state index >= 15 is 0 Å². The van der Waals surface area contributed by atoms with Gasteiger partial charge in [0.05, 0.1) is 6.20 Å². The molecule has 0 spiro atoms. The van der Waals surface area contributed by atoms with Gasteiger partial charge in [-0.1, -0.05) is 5.21 Å². The van der Waals surface area contributed by atoms with E-state index in [4.69, 9.17) is 5.11 Å². The normalized spacial score (nSPS) is 20.0. The minimum atomic E-state index is -0.940. The summed E-state index contributed by atoms with van der Waals surface area (Å²) in [7, 11) is 0. The van der Waals surface area contributed by atoms with Crippen LogP contribution in [0.15, 0.2) is 12.4 Å². The Labute approximate surface area is 91.7 Å². The number of aliphatic carboxylic acids is 1. The lowest BCUT2D eigenvalue weighted by Crippen LogP contribution is -2.42. The van der Waals surface area contributed by atoms with Crippen LogP contribution in [-0.2, 0) is 16.1 Å². The van der Waals surface area contributed by atoms with Crippen molar-refractivity contribution in [2.75, 3.05) is 6.54 Å². The fourth-order valence-electron chi connectivity index (χ4n) is 1.87. The quantitative estimate of drug-likeness (QED) is 0.737. The van der Waals surface area contributed by atoms with Crippen molar-refractivity contribution in [1.82, 2.24) is 19.9 Å². The average Bonchev–Trinajstić information content (AvgIpc) is 2.86. The largest absolute Gasteiger partial charge is 0.480 e. The van der Waals surface area contributed by atoms with Gasteiger partial charge in [0.2, 0.25) is 5.91 Å². The molecule has 0 unspecified atom stereocenters. The van der Waals surface area contributed by atoms with Gasteiger partial charge in [-0.25, -0.2) is 9.48 Å². The van der Waals surface area contributed by atoms with Crippen LogP contribution in [0.25, 0.3) is 0 Å². The lowest BCUT2D eigenvalue weighted by Gasteiger charge is -2.21. The van der Waals surface area contributed by atoms with Gasteiger partial charge in [-0.2, -0.15) is 0 Å². The van der Waals surface area contributed by atoms with Crippen molar-refractivity contribution >= 4 is 11.9 Å². The second-order valence-electron chi connectivity index (χ2n) is 3.68. The highest BCUT2D eigenvalue weighted by Crippen LogP contribution is 2.17. The molecular formula is C9H12N4O3. The zero-order valence-electron chi connectivity index (χ0n) is 8.61. The summed E-state index contributed by atoms with van der Waals surface area (Å²) in [4.78, 5) is 24.1. The molecule has 7 nitrogen and oxygen atoms in total. The molecule has 0 saturated carbocycles. The molecule has 2 rings (SSSR count). The minimum Gasteiger partial charge on any atom is -0.480 e.